The number of hydrogen-bond acceptors (Lipinski definition) is 6. The molecule has 1 rings (SSSR count). The van der Waals surface area contributed by atoms with Gasteiger partial charge in [0.1, 0.15) is 4.21 Å². The van der Waals surface area contributed by atoms with Crippen LogP contribution in [0.1, 0.15) is 34.1 Å². The van der Waals surface area contributed by atoms with E-state index in [2.05, 4.69) is 5.32 Å². The molecule has 120 valence electrons. The van der Waals surface area contributed by atoms with E-state index in [1.165, 1.54) is 4.31 Å². The van der Waals surface area contributed by atoms with Crippen molar-refractivity contribution in [2.24, 2.45) is 0 Å². The molecule has 0 fully saturated rings. The Labute approximate surface area is 129 Å². The van der Waals surface area contributed by atoms with Gasteiger partial charge >= 0.3 is 5.69 Å². The molecule has 0 aliphatic heterocycles. The lowest BCUT2D eigenvalue weighted by atomic mass is 10.4. The van der Waals surface area contributed by atoms with Gasteiger partial charge in [-0.2, -0.15) is 4.31 Å². The third-order valence-electron chi connectivity index (χ3n) is 2.87. The smallest absolute Gasteiger partial charge is 0.304 e. The minimum absolute atomic E-state index is 0.00310. The van der Waals surface area contributed by atoms with Gasteiger partial charge in [0.25, 0.3) is 10.0 Å². The summed E-state index contributed by atoms with van der Waals surface area (Å²) in [7, 11) is -3.70. The Kier molecular flexibility index (Phi) is 6.11. The summed E-state index contributed by atoms with van der Waals surface area (Å²) >= 11 is 0.913. The molecule has 0 spiro atoms. The zero-order valence-corrected chi connectivity index (χ0v) is 14.3. The minimum Gasteiger partial charge on any atom is -0.371 e. The number of rotatable bonds is 8. The summed E-state index contributed by atoms with van der Waals surface area (Å²) < 4.78 is 26.4. The van der Waals surface area contributed by atoms with Crippen LogP contribution >= 0.6 is 11.3 Å². The number of thiophene rings is 1. The Hall–Kier alpha value is -1.19. The van der Waals surface area contributed by atoms with Crippen molar-refractivity contribution in [2.45, 2.75) is 44.4 Å². The maximum Gasteiger partial charge on any atom is 0.304 e. The lowest BCUT2D eigenvalue weighted by Crippen LogP contribution is -2.36. The van der Waals surface area contributed by atoms with Crippen molar-refractivity contribution in [3.05, 3.63) is 16.2 Å². The normalized spacial score (nSPS) is 12.1. The maximum atomic E-state index is 12.6. The number of anilines is 1. The van der Waals surface area contributed by atoms with Crippen LogP contribution in [0.5, 0.6) is 0 Å². The van der Waals surface area contributed by atoms with Gasteiger partial charge in [0.15, 0.2) is 5.00 Å². The van der Waals surface area contributed by atoms with E-state index < -0.39 is 14.9 Å². The lowest BCUT2D eigenvalue weighted by Gasteiger charge is -2.23. The first-order valence-electron chi connectivity index (χ1n) is 6.79. The van der Waals surface area contributed by atoms with Gasteiger partial charge < -0.3 is 5.32 Å². The van der Waals surface area contributed by atoms with Crippen LogP contribution in [0.25, 0.3) is 0 Å². The van der Waals surface area contributed by atoms with Gasteiger partial charge in [-0.1, -0.05) is 25.2 Å². The van der Waals surface area contributed by atoms with Crippen LogP contribution in [0, 0.1) is 10.1 Å². The molecule has 1 aromatic rings. The third-order valence-corrected chi connectivity index (χ3v) is 6.55. The van der Waals surface area contributed by atoms with Crippen LogP contribution in [-0.4, -0.2) is 36.8 Å². The summed E-state index contributed by atoms with van der Waals surface area (Å²) in [5.41, 5.74) is -0.188. The quantitative estimate of drug-likeness (QED) is 0.582. The van der Waals surface area contributed by atoms with Gasteiger partial charge in [-0.25, -0.2) is 8.42 Å². The fourth-order valence-corrected chi connectivity index (χ4v) is 5.04. The molecule has 1 aromatic heterocycles. The Morgan fingerprint density at radius 3 is 2.48 bits per heavy atom. The third kappa shape index (κ3) is 3.92. The topological polar surface area (TPSA) is 92.6 Å². The van der Waals surface area contributed by atoms with Gasteiger partial charge in [-0.05, 0) is 20.3 Å². The Bertz CT molecular complexity index is 596. The summed E-state index contributed by atoms with van der Waals surface area (Å²) in [5.74, 6) is 0. The second kappa shape index (κ2) is 7.19. The molecule has 0 aliphatic rings. The highest BCUT2D eigenvalue weighted by Crippen LogP contribution is 2.38. The predicted molar refractivity (Wildman–Crippen MR) is 84.5 cm³/mol. The molecule has 1 N–H and O–H groups in total. The van der Waals surface area contributed by atoms with Gasteiger partial charge in [0, 0.05) is 25.2 Å². The second-order valence-electron chi connectivity index (χ2n) is 4.77. The molecule has 0 aliphatic carbocycles. The van der Waals surface area contributed by atoms with E-state index in [1.54, 1.807) is 20.8 Å². The minimum atomic E-state index is -3.70. The van der Waals surface area contributed by atoms with Crippen LogP contribution in [0.15, 0.2) is 10.3 Å². The molecule has 0 unspecified atom stereocenters. The first kappa shape index (κ1) is 17.9. The predicted octanol–water partition coefficient (Wildman–Crippen LogP) is 2.90. The summed E-state index contributed by atoms with van der Waals surface area (Å²) in [6, 6.07) is 0.941. The van der Waals surface area contributed by atoms with E-state index in [0.29, 0.717) is 18.1 Å². The summed E-state index contributed by atoms with van der Waals surface area (Å²) in [5, 5.41) is 14.3. The average molecular weight is 335 g/mol. The van der Waals surface area contributed by atoms with Crippen LogP contribution in [0.3, 0.4) is 0 Å². The molecule has 21 heavy (non-hydrogen) atoms. The Morgan fingerprint density at radius 1 is 1.43 bits per heavy atom. The van der Waals surface area contributed by atoms with Crippen molar-refractivity contribution < 1.29 is 13.3 Å². The SMILES string of the molecule is CCCNc1sc(S(=O)(=O)N(CC)C(C)C)cc1[N+](=O)[O-]. The van der Waals surface area contributed by atoms with E-state index >= 15 is 0 Å². The van der Waals surface area contributed by atoms with Crippen molar-refractivity contribution >= 4 is 32.0 Å². The van der Waals surface area contributed by atoms with Crippen molar-refractivity contribution in [2.75, 3.05) is 18.4 Å². The molecule has 0 saturated carbocycles. The van der Waals surface area contributed by atoms with Crippen molar-refractivity contribution in [3.8, 4) is 0 Å². The number of hydrogen-bond donors (Lipinski definition) is 1. The standard InChI is InChI=1S/C12H21N3O4S2/c1-5-7-13-12-10(15(16)17)8-11(20-12)21(18,19)14(6-2)9(3)4/h8-9,13H,5-7H2,1-4H3. The molecule has 0 radical (unpaired) electrons. The lowest BCUT2D eigenvalue weighted by molar-refractivity contribution is -0.383. The summed E-state index contributed by atoms with van der Waals surface area (Å²) in [6.07, 6.45) is 0.796. The summed E-state index contributed by atoms with van der Waals surface area (Å²) in [6.45, 7) is 8.11. The van der Waals surface area contributed by atoms with Crippen LogP contribution in [-0.2, 0) is 10.0 Å². The molecule has 9 heteroatoms. The largest absolute Gasteiger partial charge is 0.371 e. The highest BCUT2D eigenvalue weighted by Gasteiger charge is 2.31. The van der Waals surface area contributed by atoms with Gasteiger partial charge in [0.05, 0.1) is 4.92 Å². The number of nitrogens with zero attached hydrogens (tertiary/aromatic N) is 2. The van der Waals surface area contributed by atoms with E-state index in [1.807, 2.05) is 6.92 Å². The van der Waals surface area contributed by atoms with Gasteiger partial charge in [-0.3, -0.25) is 10.1 Å². The second-order valence-corrected chi connectivity index (χ2v) is 7.94. The first-order chi connectivity index (χ1) is 9.75. The van der Waals surface area contributed by atoms with Crippen LogP contribution in [0.4, 0.5) is 10.7 Å². The number of nitrogens with one attached hydrogen (secondary N) is 1. The van der Waals surface area contributed by atoms with Gasteiger partial charge in [-0.15, -0.1) is 0 Å². The van der Waals surface area contributed by atoms with E-state index in [-0.39, 0.29) is 15.9 Å². The zero-order valence-electron chi connectivity index (χ0n) is 12.6. The van der Waals surface area contributed by atoms with Crippen LogP contribution < -0.4 is 5.32 Å². The molecule has 0 aromatic carbocycles. The van der Waals surface area contributed by atoms with E-state index in [4.69, 9.17) is 0 Å². The maximum absolute atomic E-state index is 12.6. The fraction of sp³-hybridized carbons (Fsp3) is 0.667. The highest BCUT2D eigenvalue weighted by atomic mass is 32.2. The van der Waals surface area contributed by atoms with Crippen LogP contribution in [0.2, 0.25) is 0 Å². The first-order valence-corrected chi connectivity index (χ1v) is 9.05. The van der Waals surface area contributed by atoms with E-state index in [9.17, 15) is 18.5 Å². The van der Waals surface area contributed by atoms with Crippen molar-refractivity contribution in [1.29, 1.82) is 0 Å². The molecule has 0 bridgehead atoms. The average Bonchev–Trinajstić information content (AvgIpc) is 2.81. The fourth-order valence-electron chi connectivity index (χ4n) is 1.92. The molecule has 1 heterocycles. The van der Waals surface area contributed by atoms with E-state index in [0.717, 1.165) is 23.8 Å². The number of sulfonamides is 1. The molecule has 0 atom stereocenters. The van der Waals surface area contributed by atoms with Gasteiger partial charge in [0.2, 0.25) is 0 Å². The zero-order chi connectivity index (χ0) is 16.2. The molecular weight excluding hydrogens is 314 g/mol. The monoisotopic (exact) mass is 335 g/mol. The highest BCUT2D eigenvalue weighted by molar-refractivity contribution is 7.91. The molecule has 0 amide bonds. The van der Waals surface area contributed by atoms with Crippen molar-refractivity contribution in [1.82, 2.24) is 4.31 Å². The summed E-state index contributed by atoms with van der Waals surface area (Å²) in [4.78, 5) is 10.5. The molecule has 7 nitrogen and oxygen atoms in total. The molecule has 0 saturated heterocycles. The Balaban J connectivity index is 3.27. The number of nitro groups is 1. The Morgan fingerprint density at radius 2 is 2.05 bits per heavy atom. The molecular formula is C12H21N3O4S2. The van der Waals surface area contributed by atoms with Crippen molar-refractivity contribution in [3.63, 3.8) is 0 Å².